The summed E-state index contributed by atoms with van der Waals surface area (Å²) >= 11 is 0.886. The van der Waals surface area contributed by atoms with Gasteiger partial charge in [0.1, 0.15) is 5.69 Å². The number of alkyl halides is 3. The Morgan fingerprint density at radius 1 is 1.21 bits per heavy atom. The topological polar surface area (TPSA) is 50.2 Å². The normalized spacial score (nSPS) is 12.0. The second kappa shape index (κ2) is 5.93. The summed E-state index contributed by atoms with van der Waals surface area (Å²) in [6.07, 6.45) is -4.64. The van der Waals surface area contributed by atoms with Gasteiger partial charge in [0.2, 0.25) is 0 Å². The zero-order valence-corrected chi connectivity index (χ0v) is 12.5. The summed E-state index contributed by atoms with van der Waals surface area (Å²) in [6, 6.07) is 5.39. The fourth-order valence-electron chi connectivity index (χ4n) is 2.01. The summed E-state index contributed by atoms with van der Waals surface area (Å²) in [7, 11) is 0. The standard InChI is InChI=1S/C14H8F5N3OS/c15-8-2-1-3-9(13(8)16)24-6-7-4-12(23)22-11(20-7)5-10(21-22)14(17,18)19/h1-5,21H,6H2. The maximum Gasteiger partial charge on any atom is 0.432 e. The Morgan fingerprint density at radius 3 is 2.67 bits per heavy atom. The zero-order chi connectivity index (χ0) is 17.5. The lowest BCUT2D eigenvalue weighted by Gasteiger charge is -2.03. The molecule has 3 rings (SSSR count). The summed E-state index contributed by atoms with van der Waals surface area (Å²) in [5.74, 6) is -2.04. The third-order valence-electron chi connectivity index (χ3n) is 3.10. The van der Waals surface area contributed by atoms with E-state index in [2.05, 4.69) is 4.98 Å². The van der Waals surface area contributed by atoms with Crippen LogP contribution in [-0.4, -0.2) is 14.6 Å². The molecule has 1 aromatic carbocycles. The van der Waals surface area contributed by atoms with E-state index >= 15 is 0 Å². The maximum atomic E-state index is 13.6. The van der Waals surface area contributed by atoms with Crippen molar-refractivity contribution in [2.24, 2.45) is 0 Å². The average molecular weight is 361 g/mol. The van der Waals surface area contributed by atoms with Crippen molar-refractivity contribution in [1.29, 1.82) is 0 Å². The van der Waals surface area contributed by atoms with Crippen LogP contribution >= 0.6 is 11.8 Å². The molecule has 1 N–H and O–H groups in total. The monoisotopic (exact) mass is 361 g/mol. The van der Waals surface area contributed by atoms with Crippen LogP contribution in [0.3, 0.4) is 0 Å². The van der Waals surface area contributed by atoms with Crippen molar-refractivity contribution in [1.82, 2.24) is 14.6 Å². The number of aromatic amines is 1. The fourth-order valence-corrected chi connectivity index (χ4v) is 2.86. The van der Waals surface area contributed by atoms with Gasteiger partial charge in [-0.2, -0.15) is 13.2 Å². The molecule has 0 atom stereocenters. The van der Waals surface area contributed by atoms with Crippen LogP contribution in [0, 0.1) is 11.6 Å². The van der Waals surface area contributed by atoms with Crippen molar-refractivity contribution in [2.45, 2.75) is 16.8 Å². The van der Waals surface area contributed by atoms with Gasteiger partial charge in [-0.3, -0.25) is 9.89 Å². The minimum absolute atomic E-state index is 0.00134. The molecule has 0 amide bonds. The van der Waals surface area contributed by atoms with Crippen molar-refractivity contribution in [3.8, 4) is 0 Å². The van der Waals surface area contributed by atoms with E-state index in [1.54, 1.807) is 0 Å². The molecule has 0 bridgehead atoms. The van der Waals surface area contributed by atoms with E-state index in [9.17, 15) is 26.7 Å². The van der Waals surface area contributed by atoms with Crippen molar-refractivity contribution < 1.29 is 22.0 Å². The van der Waals surface area contributed by atoms with Crippen LogP contribution in [0.4, 0.5) is 22.0 Å². The van der Waals surface area contributed by atoms with Crippen molar-refractivity contribution in [3.63, 3.8) is 0 Å². The Balaban J connectivity index is 1.90. The van der Waals surface area contributed by atoms with Gasteiger partial charge >= 0.3 is 6.18 Å². The number of aromatic nitrogens is 3. The fraction of sp³-hybridized carbons (Fsp3) is 0.143. The molecule has 3 aromatic rings. The Bertz CT molecular complexity index is 963. The van der Waals surface area contributed by atoms with Gasteiger partial charge in [0.25, 0.3) is 5.56 Å². The van der Waals surface area contributed by atoms with Gasteiger partial charge in [-0.1, -0.05) is 6.07 Å². The van der Waals surface area contributed by atoms with E-state index < -0.39 is 29.1 Å². The molecule has 0 spiro atoms. The summed E-state index contributed by atoms with van der Waals surface area (Å²) in [5.41, 5.74) is -1.88. The number of benzene rings is 1. The van der Waals surface area contributed by atoms with Crippen LogP contribution in [0.2, 0.25) is 0 Å². The van der Waals surface area contributed by atoms with Gasteiger partial charge in [0.05, 0.1) is 5.69 Å². The predicted octanol–water partition coefficient (Wildman–Crippen LogP) is 3.61. The van der Waals surface area contributed by atoms with E-state index in [1.165, 1.54) is 12.1 Å². The molecule has 0 aliphatic heterocycles. The van der Waals surface area contributed by atoms with Crippen LogP contribution in [-0.2, 0) is 11.9 Å². The molecular formula is C14H8F5N3OS. The molecule has 0 fully saturated rings. The van der Waals surface area contributed by atoms with Crippen molar-refractivity contribution in [2.75, 3.05) is 0 Å². The quantitative estimate of drug-likeness (QED) is 0.573. The molecule has 10 heteroatoms. The van der Waals surface area contributed by atoms with Crippen molar-refractivity contribution in [3.05, 3.63) is 63.7 Å². The lowest BCUT2D eigenvalue weighted by atomic mass is 10.3. The summed E-state index contributed by atoms with van der Waals surface area (Å²) in [4.78, 5) is 15.8. The van der Waals surface area contributed by atoms with E-state index in [0.29, 0.717) is 10.6 Å². The first-order valence-corrected chi connectivity index (χ1v) is 7.50. The van der Waals surface area contributed by atoms with Crippen LogP contribution in [0.25, 0.3) is 5.65 Å². The van der Waals surface area contributed by atoms with Gasteiger partial charge in [0.15, 0.2) is 17.3 Å². The van der Waals surface area contributed by atoms with Gasteiger partial charge in [-0.15, -0.1) is 11.8 Å². The van der Waals surface area contributed by atoms with Gasteiger partial charge in [-0.25, -0.2) is 18.3 Å². The number of hydrogen-bond donors (Lipinski definition) is 1. The molecule has 0 unspecified atom stereocenters. The minimum atomic E-state index is -4.64. The summed E-state index contributed by atoms with van der Waals surface area (Å²) in [6.45, 7) is 0. The number of H-pyrrole nitrogens is 1. The highest BCUT2D eigenvalue weighted by Crippen LogP contribution is 2.29. The Morgan fingerprint density at radius 2 is 1.96 bits per heavy atom. The Hall–Kier alpha value is -2.36. The second-order valence-corrected chi connectivity index (χ2v) is 5.80. The Labute approximate surface area is 135 Å². The molecule has 0 aliphatic rings. The first-order valence-electron chi connectivity index (χ1n) is 6.51. The number of nitrogens with one attached hydrogen (secondary N) is 1. The maximum absolute atomic E-state index is 13.6. The van der Waals surface area contributed by atoms with E-state index in [-0.39, 0.29) is 22.0 Å². The third kappa shape index (κ3) is 3.14. The third-order valence-corrected chi connectivity index (χ3v) is 4.17. The molecule has 24 heavy (non-hydrogen) atoms. The van der Waals surface area contributed by atoms with Crippen LogP contribution in [0.1, 0.15) is 11.4 Å². The number of hydrogen-bond acceptors (Lipinski definition) is 3. The highest BCUT2D eigenvalue weighted by atomic mass is 32.2. The summed E-state index contributed by atoms with van der Waals surface area (Å²) in [5, 5.41) is 1.92. The van der Waals surface area contributed by atoms with E-state index in [4.69, 9.17) is 0 Å². The number of rotatable bonds is 3. The molecule has 4 nitrogen and oxygen atoms in total. The van der Waals surface area contributed by atoms with Gasteiger partial charge < -0.3 is 0 Å². The Kier molecular flexibility index (Phi) is 4.08. The molecule has 0 saturated heterocycles. The van der Waals surface area contributed by atoms with Crippen molar-refractivity contribution >= 4 is 17.4 Å². The molecule has 2 heterocycles. The lowest BCUT2D eigenvalue weighted by Crippen LogP contribution is -2.16. The highest BCUT2D eigenvalue weighted by molar-refractivity contribution is 7.98. The average Bonchev–Trinajstić information content (AvgIpc) is 2.94. The highest BCUT2D eigenvalue weighted by Gasteiger charge is 2.33. The lowest BCUT2D eigenvalue weighted by molar-refractivity contribution is -0.141. The minimum Gasteiger partial charge on any atom is -0.285 e. The molecule has 0 aliphatic carbocycles. The predicted molar refractivity (Wildman–Crippen MR) is 76.7 cm³/mol. The van der Waals surface area contributed by atoms with E-state index in [1.807, 2.05) is 5.10 Å². The molecule has 2 aromatic heterocycles. The SMILES string of the molecule is O=c1cc(CSc2cccc(F)c2F)nc2cc(C(F)(F)F)[nH]n12. The molecule has 0 radical (unpaired) electrons. The number of fused-ring (bicyclic) bond motifs is 1. The molecule has 0 saturated carbocycles. The smallest absolute Gasteiger partial charge is 0.285 e. The number of nitrogens with zero attached hydrogens (tertiary/aromatic N) is 2. The first kappa shape index (κ1) is 16.5. The van der Waals surface area contributed by atoms with Crippen LogP contribution < -0.4 is 5.56 Å². The second-order valence-electron chi connectivity index (χ2n) is 4.79. The zero-order valence-electron chi connectivity index (χ0n) is 11.7. The molecule has 126 valence electrons. The van der Waals surface area contributed by atoms with Crippen LogP contribution in [0.15, 0.2) is 40.0 Å². The van der Waals surface area contributed by atoms with Gasteiger partial charge in [0, 0.05) is 22.8 Å². The number of halogens is 5. The number of thioether (sulfide) groups is 1. The van der Waals surface area contributed by atoms with Crippen LogP contribution in [0.5, 0.6) is 0 Å². The summed E-state index contributed by atoms with van der Waals surface area (Å²) < 4.78 is 65.3. The first-order chi connectivity index (χ1) is 11.3. The van der Waals surface area contributed by atoms with E-state index in [0.717, 1.165) is 23.9 Å². The van der Waals surface area contributed by atoms with Gasteiger partial charge in [-0.05, 0) is 12.1 Å². The largest absolute Gasteiger partial charge is 0.432 e. The molecular weight excluding hydrogens is 353 g/mol.